The second-order valence-corrected chi connectivity index (χ2v) is 4.94. The molecule has 1 heterocycles. The minimum Gasteiger partial charge on any atom is -0.480 e. The Bertz CT molecular complexity index is 380. The Hall–Kier alpha value is -0.930. The molecule has 108 valence electrons. The summed E-state index contributed by atoms with van der Waals surface area (Å²) in [6.07, 6.45) is 0.496. The first-order valence-corrected chi connectivity index (χ1v) is 6.99. The van der Waals surface area contributed by atoms with E-state index in [0.717, 1.165) is 0 Å². The van der Waals surface area contributed by atoms with Gasteiger partial charge in [-0.05, 0) is 6.42 Å². The largest absolute Gasteiger partial charge is 0.480 e. The summed E-state index contributed by atoms with van der Waals surface area (Å²) in [6, 6.07) is -2.47. The first-order chi connectivity index (χ1) is 8.92. The average molecular weight is 307 g/mol. The monoisotopic (exact) mass is 307 g/mol. The molecule has 0 spiro atoms. The molecule has 4 N–H and O–H groups in total. The molecule has 0 aromatic rings. The lowest BCUT2D eigenvalue weighted by molar-refractivity contribution is -0.149. The summed E-state index contributed by atoms with van der Waals surface area (Å²) in [4.78, 5) is 35.8. The Morgan fingerprint density at radius 1 is 1.37 bits per heavy atom. The van der Waals surface area contributed by atoms with Gasteiger partial charge in [-0.3, -0.25) is 9.59 Å². The lowest BCUT2D eigenvalue weighted by atomic mass is 10.0. The van der Waals surface area contributed by atoms with Crippen molar-refractivity contribution in [3.63, 3.8) is 0 Å². The number of rotatable bonds is 6. The van der Waals surface area contributed by atoms with Crippen LogP contribution in [0.2, 0.25) is 0 Å². The molecule has 3 unspecified atom stereocenters. The van der Waals surface area contributed by atoms with Gasteiger partial charge < -0.3 is 21.1 Å². The van der Waals surface area contributed by atoms with Crippen LogP contribution in [0.3, 0.4) is 0 Å². The van der Waals surface area contributed by atoms with Crippen molar-refractivity contribution < 1.29 is 19.5 Å². The van der Waals surface area contributed by atoms with Gasteiger partial charge >= 0.3 is 5.97 Å². The Morgan fingerprint density at radius 2 is 2.00 bits per heavy atom. The molecule has 0 aliphatic carbocycles. The minimum atomic E-state index is -1.16. The van der Waals surface area contributed by atoms with Crippen molar-refractivity contribution in [1.29, 1.82) is 0 Å². The maximum absolute atomic E-state index is 11.9. The van der Waals surface area contributed by atoms with Crippen LogP contribution in [0.4, 0.5) is 0 Å². The van der Waals surface area contributed by atoms with Crippen LogP contribution < -0.4 is 11.1 Å². The van der Waals surface area contributed by atoms with Crippen molar-refractivity contribution in [1.82, 2.24) is 10.2 Å². The van der Waals surface area contributed by atoms with E-state index in [0.29, 0.717) is 13.0 Å². The fraction of sp³-hybridized carbons (Fsp3) is 0.700. The molecule has 9 heteroatoms. The van der Waals surface area contributed by atoms with Crippen molar-refractivity contribution in [3.05, 3.63) is 0 Å². The van der Waals surface area contributed by atoms with Crippen molar-refractivity contribution in [2.75, 3.05) is 18.1 Å². The second kappa shape index (κ2) is 7.01. The summed E-state index contributed by atoms with van der Waals surface area (Å²) < 4.78 is 0. The summed E-state index contributed by atoms with van der Waals surface area (Å²) >= 11 is 7.78. The molecule has 1 saturated heterocycles. The number of nitrogens with one attached hydrogen (secondary N) is 1. The molecule has 0 aromatic heterocycles. The lowest BCUT2D eigenvalue weighted by Crippen LogP contribution is -2.63. The minimum absolute atomic E-state index is 0.0160. The SMILES string of the molecule is NC(CS)C(=O)N1CCC1C(=O)NC(CS)C(=O)O. The Kier molecular flexibility index (Phi) is 5.95. The molecular formula is C10H17N3O4S2. The zero-order valence-electron chi connectivity index (χ0n) is 10.2. The molecule has 0 saturated carbocycles. The Balaban J connectivity index is 2.59. The van der Waals surface area contributed by atoms with Crippen molar-refractivity contribution >= 4 is 43.0 Å². The van der Waals surface area contributed by atoms with Gasteiger partial charge in [0.2, 0.25) is 11.8 Å². The van der Waals surface area contributed by atoms with Gasteiger partial charge in [0.15, 0.2) is 0 Å². The number of carboxylic acids is 1. The quantitative estimate of drug-likeness (QED) is 0.377. The Morgan fingerprint density at radius 3 is 2.37 bits per heavy atom. The normalized spacial score (nSPS) is 21.2. The van der Waals surface area contributed by atoms with Crippen LogP contribution in [-0.2, 0) is 14.4 Å². The van der Waals surface area contributed by atoms with Crippen LogP contribution in [0.1, 0.15) is 6.42 Å². The van der Waals surface area contributed by atoms with E-state index < -0.39 is 30.0 Å². The van der Waals surface area contributed by atoms with E-state index in [-0.39, 0.29) is 17.4 Å². The van der Waals surface area contributed by atoms with Crippen molar-refractivity contribution in [2.24, 2.45) is 5.73 Å². The number of likely N-dealkylation sites (tertiary alicyclic amines) is 1. The van der Waals surface area contributed by atoms with E-state index in [1.807, 2.05) is 0 Å². The van der Waals surface area contributed by atoms with Gasteiger partial charge in [-0.2, -0.15) is 25.3 Å². The lowest BCUT2D eigenvalue weighted by Gasteiger charge is -2.41. The molecule has 19 heavy (non-hydrogen) atoms. The highest BCUT2D eigenvalue weighted by molar-refractivity contribution is 7.80. The van der Waals surface area contributed by atoms with E-state index in [4.69, 9.17) is 10.8 Å². The van der Waals surface area contributed by atoms with Gasteiger partial charge in [-0.25, -0.2) is 4.79 Å². The average Bonchev–Trinajstić information content (AvgIpc) is 2.32. The second-order valence-electron chi connectivity index (χ2n) is 4.21. The predicted molar refractivity (Wildman–Crippen MR) is 75.4 cm³/mol. The number of carboxylic acid groups (broad SMARTS) is 1. The summed E-state index contributed by atoms with van der Waals surface area (Å²) in [5.74, 6) is -1.82. The number of nitrogens with zero attached hydrogens (tertiary/aromatic N) is 1. The molecule has 1 aliphatic rings. The number of nitrogens with two attached hydrogens (primary N) is 1. The molecule has 7 nitrogen and oxygen atoms in total. The fourth-order valence-electron chi connectivity index (χ4n) is 1.67. The highest BCUT2D eigenvalue weighted by Gasteiger charge is 2.40. The van der Waals surface area contributed by atoms with Crippen LogP contribution in [0.25, 0.3) is 0 Å². The van der Waals surface area contributed by atoms with Crippen LogP contribution in [0, 0.1) is 0 Å². The van der Waals surface area contributed by atoms with Crippen LogP contribution in [0.5, 0.6) is 0 Å². The van der Waals surface area contributed by atoms with Crippen molar-refractivity contribution in [2.45, 2.75) is 24.5 Å². The summed E-state index contributed by atoms with van der Waals surface area (Å²) in [5, 5.41) is 11.2. The van der Waals surface area contributed by atoms with Crippen LogP contribution >= 0.6 is 25.3 Å². The third-order valence-corrected chi connectivity index (χ3v) is 3.67. The highest BCUT2D eigenvalue weighted by Crippen LogP contribution is 2.18. The number of thiol groups is 2. The van der Waals surface area contributed by atoms with Gasteiger partial charge in [0.05, 0.1) is 6.04 Å². The molecule has 1 aliphatic heterocycles. The standard InChI is InChI=1S/C10H17N3O4S2/c11-5(3-18)9(15)13-2-1-7(13)8(14)12-6(4-19)10(16)17/h5-7,18-19H,1-4,11H2,(H,12,14)(H,16,17). The molecule has 0 aromatic carbocycles. The van der Waals surface area contributed by atoms with Gasteiger partial charge in [0.25, 0.3) is 0 Å². The summed E-state index contributed by atoms with van der Waals surface area (Å²) in [6.45, 7) is 0.441. The molecule has 3 atom stereocenters. The zero-order chi connectivity index (χ0) is 14.6. The number of amides is 2. The Labute approximate surface area is 121 Å². The number of hydrogen-bond donors (Lipinski definition) is 5. The fourth-order valence-corrected chi connectivity index (χ4v) is 2.07. The van der Waals surface area contributed by atoms with E-state index in [9.17, 15) is 14.4 Å². The highest BCUT2D eigenvalue weighted by atomic mass is 32.1. The molecule has 2 amide bonds. The maximum Gasteiger partial charge on any atom is 0.327 e. The predicted octanol–water partition coefficient (Wildman–Crippen LogP) is -1.66. The number of aliphatic carboxylic acids is 1. The maximum atomic E-state index is 11.9. The molecular weight excluding hydrogens is 290 g/mol. The van der Waals surface area contributed by atoms with Crippen LogP contribution in [-0.4, -0.2) is 64.0 Å². The van der Waals surface area contributed by atoms with Crippen LogP contribution in [0.15, 0.2) is 0 Å². The topological polar surface area (TPSA) is 113 Å². The van der Waals surface area contributed by atoms with E-state index in [1.54, 1.807) is 0 Å². The zero-order valence-corrected chi connectivity index (χ0v) is 11.9. The van der Waals surface area contributed by atoms with Gasteiger partial charge in [-0.15, -0.1) is 0 Å². The third-order valence-electron chi connectivity index (χ3n) is 2.92. The smallest absolute Gasteiger partial charge is 0.327 e. The molecule has 0 bridgehead atoms. The van der Waals surface area contributed by atoms with Gasteiger partial charge in [0.1, 0.15) is 12.1 Å². The molecule has 1 rings (SSSR count). The summed E-state index contributed by atoms with van der Waals surface area (Å²) in [5.41, 5.74) is 5.56. The first kappa shape index (κ1) is 16.1. The number of carbonyl (C=O) groups excluding carboxylic acids is 2. The first-order valence-electron chi connectivity index (χ1n) is 5.73. The number of hydrogen-bond acceptors (Lipinski definition) is 6. The molecule has 0 radical (unpaired) electrons. The molecule has 1 fully saturated rings. The van der Waals surface area contributed by atoms with E-state index in [2.05, 4.69) is 30.6 Å². The van der Waals surface area contributed by atoms with E-state index >= 15 is 0 Å². The number of carbonyl (C=O) groups is 3. The van der Waals surface area contributed by atoms with Crippen molar-refractivity contribution in [3.8, 4) is 0 Å². The third kappa shape index (κ3) is 3.77. The van der Waals surface area contributed by atoms with Gasteiger partial charge in [0, 0.05) is 18.1 Å². The van der Waals surface area contributed by atoms with Gasteiger partial charge in [-0.1, -0.05) is 0 Å². The summed E-state index contributed by atoms with van der Waals surface area (Å²) in [7, 11) is 0. The van der Waals surface area contributed by atoms with E-state index in [1.165, 1.54) is 4.90 Å².